The number of benzene rings is 1. The molecule has 0 radical (unpaired) electrons. The highest BCUT2D eigenvalue weighted by Crippen LogP contribution is 2.15. The van der Waals surface area contributed by atoms with Gasteiger partial charge in [-0.2, -0.15) is 0 Å². The quantitative estimate of drug-likeness (QED) is 0.721. The fraction of sp³-hybridized carbons (Fsp3) is 0.533. The Balaban J connectivity index is 2.14. The van der Waals surface area contributed by atoms with E-state index in [1.165, 1.54) is 12.8 Å². The van der Waals surface area contributed by atoms with Crippen molar-refractivity contribution in [3.63, 3.8) is 0 Å². The maximum absolute atomic E-state index is 11.7. The van der Waals surface area contributed by atoms with Crippen LogP contribution in [0.15, 0.2) is 30.3 Å². The minimum Gasteiger partial charge on any atom is -0.352 e. The molecule has 0 saturated heterocycles. The lowest BCUT2D eigenvalue weighted by molar-refractivity contribution is -0.121. The summed E-state index contributed by atoms with van der Waals surface area (Å²) in [6.45, 7) is 2.81. The molecule has 1 rings (SSSR count). The molecule has 0 aliphatic carbocycles. The highest BCUT2D eigenvalue weighted by atomic mass is 79.9. The van der Waals surface area contributed by atoms with Crippen molar-refractivity contribution in [1.29, 1.82) is 0 Å². The number of amides is 1. The summed E-state index contributed by atoms with van der Waals surface area (Å²) in [4.78, 5) is 12.1. The number of unbranched alkanes of at least 4 members (excludes halogenated alkanes) is 1. The Labute approximate surface area is 118 Å². The van der Waals surface area contributed by atoms with Crippen LogP contribution in [0.2, 0.25) is 0 Å². The first-order chi connectivity index (χ1) is 8.72. The van der Waals surface area contributed by atoms with Gasteiger partial charge in [-0.25, -0.2) is 0 Å². The van der Waals surface area contributed by atoms with Crippen LogP contribution in [0.1, 0.15) is 44.6 Å². The Kier molecular flexibility index (Phi) is 7.74. The molecule has 100 valence electrons. The van der Waals surface area contributed by atoms with E-state index in [0.29, 0.717) is 17.8 Å². The largest absolute Gasteiger partial charge is 0.352 e. The van der Waals surface area contributed by atoms with E-state index in [1.54, 1.807) is 0 Å². The predicted octanol–water partition coefficient (Wildman–Crippen LogP) is 4.04. The Morgan fingerprint density at radius 1 is 1.28 bits per heavy atom. The monoisotopic (exact) mass is 311 g/mol. The number of halogens is 1. The van der Waals surface area contributed by atoms with Crippen molar-refractivity contribution in [1.82, 2.24) is 5.32 Å². The van der Waals surface area contributed by atoms with Crippen molar-refractivity contribution >= 4 is 21.8 Å². The molecule has 0 saturated carbocycles. The summed E-state index contributed by atoms with van der Waals surface area (Å²) in [5, 5.41) is 2.95. The fourth-order valence-corrected chi connectivity index (χ4v) is 2.30. The zero-order valence-corrected chi connectivity index (χ0v) is 12.6. The first-order valence-electron chi connectivity index (χ1n) is 6.67. The number of hydrogen-bond acceptors (Lipinski definition) is 1. The summed E-state index contributed by atoms with van der Waals surface area (Å²) in [5.74, 6) is 0.139. The highest BCUT2D eigenvalue weighted by molar-refractivity contribution is 9.09. The van der Waals surface area contributed by atoms with Gasteiger partial charge in [-0.1, -0.05) is 66.0 Å². The van der Waals surface area contributed by atoms with Gasteiger partial charge in [-0.15, -0.1) is 0 Å². The molecular weight excluding hydrogens is 290 g/mol. The van der Waals surface area contributed by atoms with Crippen LogP contribution in [0.5, 0.6) is 0 Å². The second kappa shape index (κ2) is 9.15. The van der Waals surface area contributed by atoms with Gasteiger partial charge in [0.2, 0.25) is 5.91 Å². The number of carbonyl (C=O) groups is 1. The van der Waals surface area contributed by atoms with Gasteiger partial charge in [0.1, 0.15) is 0 Å². The van der Waals surface area contributed by atoms with Crippen LogP contribution in [-0.2, 0) is 11.3 Å². The third kappa shape index (κ3) is 6.80. The van der Waals surface area contributed by atoms with E-state index < -0.39 is 0 Å². The molecule has 0 spiro atoms. The topological polar surface area (TPSA) is 29.1 Å². The molecular formula is C15H22BrNO. The van der Waals surface area contributed by atoms with Crippen molar-refractivity contribution in [3.8, 4) is 0 Å². The summed E-state index contributed by atoms with van der Waals surface area (Å²) in [7, 11) is 0. The van der Waals surface area contributed by atoms with E-state index in [9.17, 15) is 4.79 Å². The minimum absolute atomic E-state index is 0.139. The standard InChI is InChI=1S/C15H22BrNO/c1-2-3-9-14(16)10-11-15(18)17-12-13-7-5-4-6-8-13/h4-8,14H,2-3,9-12H2,1H3,(H,17,18). The van der Waals surface area contributed by atoms with Crippen molar-refractivity contribution in [2.24, 2.45) is 0 Å². The van der Waals surface area contributed by atoms with Gasteiger partial charge >= 0.3 is 0 Å². The molecule has 1 unspecified atom stereocenters. The average molecular weight is 312 g/mol. The molecule has 0 bridgehead atoms. The van der Waals surface area contributed by atoms with Gasteiger partial charge in [-0.3, -0.25) is 4.79 Å². The summed E-state index contributed by atoms with van der Waals surface area (Å²) in [6.07, 6.45) is 5.11. The molecule has 1 aromatic rings. The van der Waals surface area contributed by atoms with Gasteiger partial charge in [-0.05, 0) is 18.4 Å². The molecule has 1 amide bonds. The Morgan fingerprint density at radius 2 is 2.00 bits per heavy atom. The lowest BCUT2D eigenvalue weighted by Crippen LogP contribution is -2.23. The van der Waals surface area contributed by atoms with Crippen molar-refractivity contribution < 1.29 is 4.79 Å². The van der Waals surface area contributed by atoms with Gasteiger partial charge in [0.15, 0.2) is 0 Å². The fourth-order valence-electron chi connectivity index (χ4n) is 1.74. The molecule has 0 aromatic heterocycles. The van der Waals surface area contributed by atoms with Crippen LogP contribution < -0.4 is 5.32 Å². The van der Waals surface area contributed by atoms with E-state index in [0.717, 1.165) is 18.4 Å². The molecule has 1 N–H and O–H groups in total. The van der Waals surface area contributed by atoms with E-state index in [2.05, 4.69) is 28.2 Å². The molecule has 0 aliphatic rings. The van der Waals surface area contributed by atoms with Crippen LogP contribution in [0.3, 0.4) is 0 Å². The molecule has 3 heteroatoms. The number of carbonyl (C=O) groups excluding carboxylic acids is 1. The molecule has 1 aromatic carbocycles. The minimum atomic E-state index is 0.139. The van der Waals surface area contributed by atoms with E-state index in [-0.39, 0.29) is 5.91 Å². The molecule has 18 heavy (non-hydrogen) atoms. The van der Waals surface area contributed by atoms with Crippen LogP contribution in [0.4, 0.5) is 0 Å². The Hall–Kier alpha value is -0.830. The summed E-state index contributed by atoms with van der Waals surface area (Å²) in [6, 6.07) is 10.00. The SMILES string of the molecule is CCCCC(Br)CCC(=O)NCc1ccccc1. The van der Waals surface area contributed by atoms with Gasteiger partial charge < -0.3 is 5.32 Å². The number of nitrogens with one attached hydrogen (secondary N) is 1. The average Bonchev–Trinajstić information content (AvgIpc) is 2.41. The second-order valence-corrected chi connectivity index (χ2v) is 5.84. The van der Waals surface area contributed by atoms with E-state index in [4.69, 9.17) is 0 Å². The van der Waals surface area contributed by atoms with Gasteiger partial charge in [0, 0.05) is 17.8 Å². The van der Waals surface area contributed by atoms with Crippen LogP contribution in [0, 0.1) is 0 Å². The van der Waals surface area contributed by atoms with Crippen molar-refractivity contribution in [2.75, 3.05) is 0 Å². The van der Waals surface area contributed by atoms with Crippen molar-refractivity contribution in [2.45, 2.75) is 50.4 Å². The molecule has 0 fully saturated rings. The number of rotatable bonds is 8. The zero-order chi connectivity index (χ0) is 13.2. The highest BCUT2D eigenvalue weighted by Gasteiger charge is 2.07. The Morgan fingerprint density at radius 3 is 2.67 bits per heavy atom. The van der Waals surface area contributed by atoms with Gasteiger partial charge in [0.05, 0.1) is 0 Å². The first kappa shape index (κ1) is 15.2. The maximum Gasteiger partial charge on any atom is 0.220 e. The van der Waals surface area contributed by atoms with Crippen LogP contribution in [-0.4, -0.2) is 10.7 Å². The third-order valence-electron chi connectivity index (χ3n) is 2.89. The molecule has 2 nitrogen and oxygen atoms in total. The summed E-state index contributed by atoms with van der Waals surface area (Å²) >= 11 is 3.62. The van der Waals surface area contributed by atoms with E-state index in [1.807, 2.05) is 30.3 Å². The first-order valence-corrected chi connectivity index (χ1v) is 7.58. The molecule has 1 atom stereocenters. The predicted molar refractivity (Wildman–Crippen MR) is 79.8 cm³/mol. The second-order valence-electron chi connectivity index (χ2n) is 4.54. The smallest absolute Gasteiger partial charge is 0.220 e. The summed E-state index contributed by atoms with van der Waals surface area (Å²) in [5.41, 5.74) is 1.15. The van der Waals surface area contributed by atoms with Crippen LogP contribution in [0.25, 0.3) is 0 Å². The summed E-state index contributed by atoms with van der Waals surface area (Å²) < 4.78 is 0. The van der Waals surface area contributed by atoms with Crippen molar-refractivity contribution in [3.05, 3.63) is 35.9 Å². The lowest BCUT2D eigenvalue weighted by atomic mass is 10.1. The van der Waals surface area contributed by atoms with Gasteiger partial charge in [0.25, 0.3) is 0 Å². The normalized spacial score (nSPS) is 12.1. The lowest BCUT2D eigenvalue weighted by Gasteiger charge is -2.09. The zero-order valence-electron chi connectivity index (χ0n) is 11.0. The number of hydrogen-bond donors (Lipinski definition) is 1. The number of alkyl halides is 1. The Bertz CT molecular complexity index is 340. The van der Waals surface area contributed by atoms with E-state index >= 15 is 0 Å². The molecule has 0 aliphatic heterocycles. The third-order valence-corrected chi connectivity index (χ3v) is 3.80. The molecule has 0 heterocycles. The maximum atomic E-state index is 11.7. The van der Waals surface area contributed by atoms with Crippen LogP contribution >= 0.6 is 15.9 Å².